The Hall–Kier alpha value is -0.650. The van der Waals surface area contributed by atoms with Gasteiger partial charge in [-0.1, -0.05) is 6.92 Å². The zero-order chi connectivity index (χ0) is 15.9. The van der Waals surface area contributed by atoms with E-state index in [1.54, 1.807) is 6.92 Å². The molecule has 5 nitrogen and oxygen atoms in total. The van der Waals surface area contributed by atoms with Crippen LogP contribution in [0.1, 0.15) is 46.0 Å². The number of carbonyl (C=O) groups is 1. The van der Waals surface area contributed by atoms with Gasteiger partial charge in [-0.3, -0.25) is 4.79 Å². The van der Waals surface area contributed by atoms with Crippen LogP contribution in [0.5, 0.6) is 0 Å². The first kappa shape index (κ1) is 18.4. The number of likely N-dealkylation sites (N-methyl/N-ethyl adjacent to an activating group) is 3. The Balaban J connectivity index is 2.27. The zero-order valence-corrected chi connectivity index (χ0v) is 14.2. The lowest BCUT2D eigenvalue weighted by molar-refractivity contribution is -0.144. The smallest absolute Gasteiger partial charge is 0.323 e. The number of carboxylic acids is 1. The highest BCUT2D eigenvalue weighted by Gasteiger charge is 2.31. The van der Waals surface area contributed by atoms with E-state index in [1.165, 1.54) is 19.4 Å². The molecule has 1 heterocycles. The van der Waals surface area contributed by atoms with Gasteiger partial charge in [-0.25, -0.2) is 0 Å². The first-order valence-electron chi connectivity index (χ1n) is 8.26. The van der Waals surface area contributed by atoms with Crippen LogP contribution in [0.4, 0.5) is 0 Å². The van der Waals surface area contributed by atoms with E-state index in [4.69, 9.17) is 0 Å². The summed E-state index contributed by atoms with van der Waals surface area (Å²) in [5.74, 6) is -0.744. The molecule has 0 amide bonds. The Bertz CT molecular complexity index is 325. The molecule has 0 spiro atoms. The van der Waals surface area contributed by atoms with E-state index in [0.717, 1.165) is 25.9 Å². The molecule has 2 unspecified atom stereocenters. The van der Waals surface area contributed by atoms with E-state index in [1.807, 2.05) is 6.92 Å². The Morgan fingerprint density at radius 3 is 2.76 bits per heavy atom. The van der Waals surface area contributed by atoms with Gasteiger partial charge < -0.3 is 20.2 Å². The summed E-state index contributed by atoms with van der Waals surface area (Å²) in [5, 5.41) is 12.4. The van der Waals surface area contributed by atoms with Gasteiger partial charge in [0.1, 0.15) is 5.54 Å². The third-order valence-electron chi connectivity index (χ3n) is 4.70. The molecule has 1 aliphatic rings. The molecular formula is C16H33N3O2. The van der Waals surface area contributed by atoms with E-state index in [9.17, 15) is 9.90 Å². The van der Waals surface area contributed by atoms with Crippen LogP contribution < -0.4 is 5.32 Å². The minimum absolute atomic E-state index is 0.656. The lowest BCUT2D eigenvalue weighted by Gasteiger charge is -2.36. The molecule has 5 heteroatoms. The number of carboxylic acid groups (broad SMARTS) is 1. The van der Waals surface area contributed by atoms with Crippen molar-refractivity contribution in [3.63, 3.8) is 0 Å². The van der Waals surface area contributed by atoms with Crippen LogP contribution in [0.3, 0.4) is 0 Å². The van der Waals surface area contributed by atoms with Gasteiger partial charge >= 0.3 is 5.97 Å². The van der Waals surface area contributed by atoms with E-state index >= 15 is 0 Å². The van der Waals surface area contributed by atoms with Gasteiger partial charge in [-0.15, -0.1) is 0 Å². The molecule has 0 aromatic heterocycles. The van der Waals surface area contributed by atoms with Crippen LogP contribution in [-0.2, 0) is 4.79 Å². The van der Waals surface area contributed by atoms with Crippen molar-refractivity contribution >= 4 is 5.97 Å². The van der Waals surface area contributed by atoms with Gasteiger partial charge in [0.2, 0.25) is 0 Å². The summed E-state index contributed by atoms with van der Waals surface area (Å²) in [7, 11) is 4.39. The number of hydrogen-bond acceptors (Lipinski definition) is 4. The molecule has 0 aromatic rings. The molecule has 0 bridgehead atoms. The second kappa shape index (κ2) is 8.71. The zero-order valence-electron chi connectivity index (χ0n) is 14.2. The normalized spacial score (nSPS) is 23.2. The number of hydrogen-bond donors (Lipinski definition) is 2. The van der Waals surface area contributed by atoms with Gasteiger partial charge in [-0.2, -0.15) is 0 Å². The van der Waals surface area contributed by atoms with Crippen LogP contribution >= 0.6 is 0 Å². The van der Waals surface area contributed by atoms with Crippen LogP contribution in [0.15, 0.2) is 0 Å². The molecular weight excluding hydrogens is 266 g/mol. The predicted molar refractivity (Wildman–Crippen MR) is 86.7 cm³/mol. The van der Waals surface area contributed by atoms with Crippen LogP contribution in [0.25, 0.3) is 0 Å². The Labute approximate surface area is 129 Å². The maximum atomic E-state index is 11.3. The van der Waals surface area contributed by atoms with E-state index in [-0.39, 0.29) is 0 Å². The molecule has 124 valence electrons. The summed E-state index contributed by atoms with van der Waals surface area (Å²) in [6.45, 7) is 7.86. The number of nitrogens with one attached hydrogen (secondary N) is 1. The molecule has 0 saturated carbocycles. The molecule has 2 atom stereocenters. The molecule has 1 rings (SSSR count). The fraction of sp³-hybridized carbons (Fsp3) is 0.938. The monoisotopic (exact) mass is 299 g/mol. The Morgan fingerprint density at radius 2 is 2.19 bits per heavy atom. The third kappa shape index (κ3) is 5.93. The van der Waals surface area contributed by atoms with Crippen molar-refractivity contribution in [2.24, 2.45) is 0 Å². The average molecular weight is 299 g/mol. The maximum absolute atomic E-state index is 11.3. The largest absolute Gasteiger partial charge is 0.480 e. The second-order valence-electron chi connectivity index (χ2n) is 6.66. The van der Waals surface area contributed by atoms with Crippen molar-refractivity contribution < 1.29 is 9.90 Å². The molecule has 1 fully saturated rings. The molecule has 0 aliphatic carbocycles. The summed E-state index contributed by atoms with van der Waals surface area (Å²) in [5.41, 5.74) is -0.779. The van der Waals surface area contributed by atoms with E-state index in [2.05, 4.69) is 29.2 Å². The number of piperidine rings is 1. The number of unbranched alkanes of at least 4 members (excludes halogenated alkanes) is 1. The number of nitrogens with zero attached hydrogens (tertiary/aromatic N) is 2. The van der Waals surface area contributed by atoms with E-state index in [0.29, 0.717) is 19.0 Å². The van der Waals surface area contributed by atoms with Crippen LogP contribution in [0.2, 0.25) is 0 Å². The van der Waals surface area contributed by atoms with Crippen LogP contribution in [0, 0.1) is 0 Å². The fourth-order valence-corrected chi connectivity index (χ4v) is 3.18. The molecule has 2 N–H and O–H groups in total. The second-order valence-corrected chi connectivity index (χ2v) is 6.66. The SMILES string of the molecule is CCNC(C)(CCCCN(C)C1CCCN(C)C1)C(=O)O. The highest BCUT2D eigenvalue weighted by molar-refractivity contribution is 5.78. The molecule has 0 aromatic carbocycles. The molecule has 1 aliphatic heterocycles. The summed E-state index contributed by atoms with van der Waals surface area (Å²) in [6, 6.07) is 0.656. The van der Waals surface area contributed by atoms with Crippen molar-refractivity contribution in [2.45, 2.75) is 57.5 Å². The maximum Gasteiger partial charge on any atom is 0.323 e. The van der Waals surface area contributed by atoms with Gasteiger partial charge in [0, 0.05) is 12.6 Å². The van der Waals surface area contributed by atoms with Crippen molar-refractivity contribution in [2.75, 3.05) is 40.3 Å². The first-order valence-corrected chi connectivity index (χ1v) is 8.26. The Morgan fingerprint density at radius 1 is 1.48 bits per heavy atom. The third-order valence-corrected chi connectivity index (χ3v) is 4.70. The van der Waals surface area contributed by atoms with Gasteiger partial charge in [0.25, 0.3) is 0 Å². The number of likely N-dealkylation sites (tertiary alicyclic amines) is 1. The number of aliphatic carboxylic acids is 1. The summed E-state index contributed by atoms with van der Waals surface area (Å²) in [6.07, 6.45) is 5.26. The quantitative estimate of drug-likeness (QED) is 0.634. The highest BCUT2D eigenvalue weighted by Crippen LogP contribution is 2.17. The van der Waals surface area contributed by atoms with Gasteiger partial charge in [0.05, 0.1) is 0 Å². The molecule has 1 saturated heterocycles. The Kier molecular flexibility index (Phi) is 7.63. The fourth-order valence-electron chi connectivity index (χ4n) is 3.18. The van der Waals surface area contributed by atoms with Crippen molar-refractivity contribution in [1.82, 2.24) is 15.1 Å². The highest BCUT2D eigenvalue weighted by atomic mass is 16.4. The summed E-state index contributed by atoms with van der Waals surface area (Å²) >= 11 is 0. The first-order chi connectivity index (χ1) is 9.89. The van der Waals surface area contributed by atoms with Crippen molar-refractivity contribution in [3.05, 3.63) is 0 Å². The van der Waals surface area contributed by atoms with Gasteiger partial charge in [-0.05, 0) is 72.8 Å². The lowest BCUT2D eigenvalue weighted by atomic mass is 9.94. The average Bonchev–Trinajstić information content (AvgIpc) is 2.43. The minimum Gasteiger partial charge on any atom is -0.480 e. The number of rotatable bonds is 9. The topological polar surface area (TPSA) is 55.8 Å². The van der Waals surface area contributed by atoms with Crippen molar-refractivity contribution in [3.8, 4) is 0 Å². The molecule has 0 radical (unpaired) electrons. The summed E-state index contributed by atoms with van der Waals surface area (Å²) < 4.78 is 0. The van der Waals surface area contributed by atoms with E-state index < -0.39 is 11.5 Å². The summed E-state index contributed by atoms with van der Waals surface area (Å²) in [4.78, 5) is 16.2. The molecule has 21 heavy (non-hydrogen) atoms. The minimum atomic E-state index is -0.779. The van der Waals surface area contributed by atoms with Gasteiger partial charge in [0.15, 0.2) is 0 Å². The standard InChI is InChI=1S/C16H33N3O2/c1-5-17-16(2,15(20)21)10-6-7-12-19(4)14-9-8-11-18(3)13-14/h14,17H,5-13H2,1-4H3,(H,20,21). The lowest BCUT2D eigenvalue weighted by Crippen LogP contribution is -2.49. The van der Waals surface area contributed by atoms with Crippen molar-refractivity contribution in [1.29, 1.82) is 0 Å². The van der Waals surface area contributed by atoms with Crippen LogP contribution in [-0.4, -0.2) is 72.7 Å². The predicted octanol–water partition coefficient (Wildman–Crippen LogP) is 1.64.